The quantitative estimate of drug-likeness (QED) is 0.768. The van der Waals surface area contributed by atoms with Crippen LogP contribution in [0.5, 0.6) is 5.75 Å². The minimum atomic E-state index is -0.233. The van der Waals surface area contributed by atoms with E-state index in [0.29, 0.717) is 30.5 Å². The molecule has 0 radical (unpaired) electrons. The van der Waals surface area contributed by atoms with E-state index in [1.54, 1.807) is 0 Å². The highest BCUT2D eigenvalue weighted by molar-refractivity contribution is 5.77. The monoisotopic (exact) mass is 251 g/mol. The molecule has 1 saturated heterocycles. The standard InChI is InChI=1S/C11H17N5O2/c1-18-8-9(12)14-6-15-11(8)16-4-2-7(3-5-16)10(13)17/h6-7H,2-5H2,1H3,(H2,13,17)(H2,12,14,15). The van der Waals surface area contributed by atoms with Crippen LogP contribution in [0.15, 0.2) is 6.33 Å². The number of nitrogens with two attached hydrogens (primary N) is 2. The van der Waals surface area contributed by atoms with Crippen molar-refractivity contribution in [1.29, 1.82) is 0 Å². The molecule has 0 atom stereocenters. The largest absolute Gasteiger partial charge is 0.490 e. The van der Waals surface area contributed by atoms with Crippen LogP contribution in [0.4, 0.5) is 11.6 Å². The van der Waals surface area contributed by atoms with E-state index in [9.17, 15) is 4.79 Å². The summed E-state index contributed by atoms with van der Waals surface area (Å²) in [6.45, 7) is 1.42. The Morgan fingerprint density at radius 2 is 2.11 bits per heavy atom. The smallest absolute Gasteiger partial charge is 0.220 e. The van der Waals surface area contributed by atoms with E-state index in [4.69, 9.17) is 16.2 Å². The van der Waals surface area contributed by atoms with Gasteiger partial charge in [-0.1, -0.05) is 0 Å². The molecule has 1 amide bonds. The lowest BCUT2D eigenvalue weighted by Gasteiger charge is -2.32. The summed E-state index contributed by atoms with van der Waals surface area (Å²) in [5.74, 6) is 1.19. The van der Waals surface area contributed by atoms with Crippen molar-refractivity contribution in [2.45, 2.75) is 12.8 Å². The predicted octanol–water partition coefficient (Wildman–Crippen LogP) is -0.231. The third kappa shape index (κ3) is 2.29. The third-order valence-electron chi connectivity index (χ3n) is 3.21. The number of anilines is 2. The fourth-order valence-corrected chi connectivity index (χ4v) is 2.17. The minimum absolute atomic E-state index is 0.0496. The van der Waals surface area contributed by atoms with Gasteiger partial charge >= 0.3 is 0 Å². The number of primary amides is 1. The van der Waals surface area contributed by atoms with E-state index in [2.05, 4.69) is 9.97 Å². The maximum absolute atomic E-state index is 11.1. The van der Waals surface area contributed by atoms with Crippen molar-refractivity contribution in [2.24, 2.45) is 11.7 Å². The molecule has 1 aromatic heterocycles. The number of methoxy groups -OCH3 is 1. The Morgan fingerprint density at radius 3 is 2.67 bits per heavy atom. The number of carbonyl (C=O) groups excluding carboxylic acids is 1. The first kappa shape index (κ1) is 12.4. The zero-order valence-corrected chi connectivity index (χ0v) is 10.3. The number of hydrogen-bond donors (Lipinski definition) is 2. The lowest BCUT2D eigenvalue weighted by Crippen LogP contribution is -2.39. The van der Waals surface area contributed by atoms with E-state index >= 15 is 0 Å². The van der Waals surface area contributed by atoms with Crippen LogP contribution >= 0.6 is 0 Å². The number of ether oxygens (including phenoxy) is 1. The van der Waals surface area contributed by atoms with E-state index in [1.165, 1.54) is 13.4 Å². The van der Waals surface area contributed by atoms with Crippen LogP contribution in [0.25, 0.3) is 0 Å². The van der Waals surface area contributed by atoms with Gasteiger partial charge < -0.3 is 21.1 Å². The highest BCUT2D eigenvalue weighted by Gasteiger charge is 2.26. The third-order valence-corrected chi connectivity index (χ3v) is 3.21. The summed E-state index contributed by atoms with van der Waals surface area (Å²) < 4.78 is 5.22. The van der Waals surface area contributed by atoms with Crippen molar-refractivity contribution >= 4 is 17.5 Å². The number of piperidine rings is 1. The van der Waals surface area contributed by atoms with E-state index in [-0.39, 0.29) is 11.8 Å². The summed E-state index contributed by atoms with van der Waals surface area (Å²) in [5.41, 5.74) is 11.0. The maximum Gasteiger partial charge on any atom is 0.220 e. The van der Waals surface area contributed by atoms with Gasteiger partial charge in [-0.15, -0.1) is 0 Å². The Kier molecular flexibility index (Phi) is 3.50. The molecule has 0 saturated carbocycles. The molecule has 2 heterocycles. The Bertz CT molecular complexity index is 443. The van der Waals surface area contributed by atoms with Crippen molar-refractivity contribution in [3.8, 4) is 5.75 Å². The number of aromatic nitrogens is 2. The van der Waals surface area contributed by atoms with Crippen molar-refractivity contribution in [3.05, 3.63) is 6.33 Å². The molecule has 0 unspecified atom stereocenters. The lowest BCUT2D eigenvalue weighted by atomic mass is 9.96. The summed E-state index contributed by atoms with van der Waals surface area (Å²) >= 11 is 0. The van der Waals surface area contributed by atoms with Crippen molar-refractivity contribution in [1.82, 2.24) is 9.97 Å². The summed E-state index contributed by atoms with van der Waals surface area (Å²) in [4.78, 5) is 21.2. The molecule has 18 heavy (non-hydrogen) atoms. The van der Waals surface area contributed by atoms with Gasteiger partial charge in [0, 0.05) is 19.0 Å². The normalized spacial score (nSPS) is 16.6. The first-order valence-corrected chi connectivity index (χ1v) is 5.82. The molecule has 1 fully saturated rings. The summed E-state index contributed by atoms with van der Waals surface area (Å²) in [7, 11) is 1.54. The molecule has 1 aromatic rings. The molecule has 0 bridgehead atoms. The Hall–Kier alpha value is -2.05. The summed E-state index contributed by atoms with van der Waals surface area (Å²) in [5, 5.41) is 0. The van der Waals surface area contributed by atoms with Gasteiger partial charge in [0.1, 0.15) is 6.33 Å². The zero-order valence-electron chi connectivity index (χ0n) is 10.3. The highest BCUT2D eigenvalue weighted by Crippen LogP contribution is 2.32. The van der Waals surface area contributed by atoms with Crippen molar-refractivity contribution in [3.63, 3.8) is 0 Å². The summed E-state index contributed by atoms with van der Waals surface area (Å²) in [6.07, 6.45) is 2.86. The van der Waals surface area contributed by atoms with Crippen LogP contribution in [0, 0.1) is 5.92 Å². The Morgan fingerprint density at radius 1 is 1.44 bits per heavy atom. The van der Waals surface area contributed by atoms with Gasteiger partial charge in [0.05, 0.1) is 7.11 Å². The topological polar surface area (TPSA) is 107 Å². The van der Waals surface area contributed by atoms with E-state index in [0.717, 1.165) is 12.8 Å². The first-order chi connectivity index (χ1) is 8.63. The Labute approximate surface area is 105 Å². The van der Waals surface area contributed by atoms with Crippen LogP contribution in [0.2, 0.25) is 0 Å². The minimum Gasteiger partial charge on any atom is -0.490 e. The van der Waals surface area contributed by atoms with Crippen molar-refractivity contribution in [2.75, 3.05) is 30.8 Å². The first-order valence-electron chi connectivity index (χ1n) is 5.82. The van der Waals surface area contributed by atoms with E-state index in [1.807, 2.05) is 4.90 Å². The molecule has 7 heteroatoms. The maximum atomic E-state index is 11.1. The molecule has 1 aliphatic rings. The van der Waals surface area contributed by atoms with Crippen LogP contribution < -0.4 is 21.1 Å². The van der Waals surface area contributed by atoms with Crippen LogP contribution in [0.3, 0.4) is 0 Å². The number of nitrogen functional groups attached to an aromatic ring is 1. The SMILES string of the molecule is COc1c(N)ncnc1N1CCC(C(N)=O)CC1. The molecule has 98 valence electrons. The Balaban J connectivity index is 2.14. The predicted molar refractivity (Wildman–Crippen MR) is 67.1 cm³/mol. The number of amides is 1. The van der Waals surface area contributed by atoms with Gasteiger partial charge in [0.25, 0.3) is 0 Å². The molecule has 0 spiro atoms. The molecule has 4 N–H and O–H groups in total. The summed E-state index contributed by atoms with van der Waals surface area (Å²) in [6, 6.07) is 0. The second-order valence-corrected chi connectivity index (χ2v) is 4.28. The molecule has 7 nitrogen and oxygen atoms in total. The van der Waals surface area contributed by atoms with Crippen LogP contribution in [-0.4, -0.2) is 36.1 Å². The second kappa shape index (κ2) is 5.07. The molecule has 0 aromatic carbocycles. The number of nitrogens with zero attached hydrogens (tertiary/aromatic N) is 3. The molecule has 0 aliphatic carbocycles. The molecular formula is C11H17N5O2. The van der Waals surface area contributed by atoms with Gasteiger partial charge in [0.15, 0.2) is 11.6 Å². The average Bonchev–Trinajstić information content (AvgIpc) is 2.38. The van der Waals surface area contributed by atoms with Gasteiger partial charge in [-0.05, 0) is 12.8 Å². The van der Waals surface area contributed by atoms with Crippen molar-refractivity contribution < 1.29 is 9.53 Å². The van der Waals surface area contributed by atoms with Crippen LogP contribution in [0.1, 0.15) is 12.8 Å². The van der Waals surface area contributed by atoms with Crippen LogP contribution in [-0.2, 0) is 4.79 Å². The molecule has 2 rings (SSSR count). The highest BCUT2D eigenvalue weighted by atomic mass is 16.5. The fourth-order valence-electron chi connectivity index (χ4n) is 2.17. The fraction of sp³-hybridized carbons (Fsp3) is 0.545. The van der Waals surface area contributed by atoms with E-state index < -0.39 is 0 Å². The number of carbonyl (C=O) groups is 1. The molecule has 1 aliphatic heterocycles. The van der Waals surface area contributed by atoms with Gasteiger partial charge in [-0.2, -0.15) is 0 Å². The average molecular weight is 251 g/mol. The van der Waals surface area contributed by atoms with Gasteiger partial charge in [-0.25, -0.2) is 9.97 Å². The lowest BCUT2D eigenvalue weighted by molar-refractivity contribution is -0.122. The molecular weight excluding hydrogens is 234 g/mol. The second-order valence-electron chi connectivity index (χ2n) is 4.28. The van der Waals surface area contributed by atoms with Gasteiger partial charge in [0.2, 0.25) is 11.7 Å². The van der Waals surface area contributed by atoms with Gasteiger partial charge in [-0.3, -0.25) is 4.79 Å². The number of rotatable bonds is 3. The zero-order chi connectivity index (χ0) is 13.1. The number of hydrogen-bond acceptors (Lipinski definition) is 6.